The van der Waals surface area contributed by atoms with Crippen molar-refractivity contribution in [2.24, 2.45) is 5.92 Å². The summed E-state index contributed by atoms with van der Waals surface area (Å²) in [6, 6.07) is 5.98. The molecule has 1 aromatic rings. The lowest BCUT2D eigenvalue weighted by Gasteiger charge is -2.25. The van der Waals surface area contributed by atoms with E-state index in [4.69, 9.17) is 0 Å². The zero-order chi connectivity index (χ0) is 17.7. The maximum absolute atomic E-state index is 12.6. The van der Waals surface area contributed by atoms with E-state index in [9.17, 15) is 14.4 Å². The highest BCUT2D eigenvalue weighted by Crippen LogP contribution is 2.26. The summed E-state index contributed by atoms with van der Waals surface area (Å²) in [6.07, 6.45) is 3.26. The highest BCUT2D eigenvalue weighted by atomic mass is 32.2. The van der Waals surface area contributed by atoms with E-state index in [1.807, 2.05) is 6.26 Å². The van der Waals surface area contributed by atoms with Crippen LogP contribution in [0.4, 0.5) is 0 Å². The Morgan fingerprint density at radius 3 is 2.21 bits per heavy atom. The lowest BCUT2D eigenvalue weighted by molar-refractivity contribution is -0.125. The zero-order valence-electron chi connectivity index (χ0n) is 14.4. The molecule has 24 heavy (non-hydrogen) atoms. The fraction of sp³-hybridized carbons (Fsp3) is 0.500. The molecule has 6 heteroatoms. The van der Waals surface area contributed by atoms with Gasteiger partial charge < -0.3 is 5.32 Å². The van der Waals surface area contributed by atoms with E-state index < -0.39 is 6.04 Å². The quantitative estimate of drug-likeness (QED) is 0.733. The Labute approximate surface area is 147 Å². The third kappa shape index (κ3) is 3.98. The van der Waals surface area contributed by atoms with Gasteiger partial charge in [-0.3, -0.25) is 19.3 Å². The molecule has 1 aliphatic rings. The summed E-state index contributed by atoms with van der Waals surface area (Å²) in [6.45, 7) is 4.72. The molecule has 0 aliphatic carbocycles. The standard InChI is InChI=1S/C18H24N2O3S/c1-12(2)8-10-19-16(21)15(9-11-24-3)20-17(22)13-6-4-5-7-14(13)18(20)23/h4-7,12,15H,8-11H2,1-3H3,(H,19,21)/t15-/m0/s1. The molecule has 0 saturated carbocycles. The summed E-state index contributed by atoms with van der Waals surface area (Å²) in [7, 11) is 0. The molecular weight excluding hydrogens is 324 g/mol. The summed E-state index contributed by atoms with van der Waals surface area (Å²) in [5.41, 5.74) is 0.762. The van der Waals surface area contributed by atoms with Crippen LogP contribution in [0, 0.1) is 5.92 Å². The van der Waals surface area contributed by atoms with E-state index in [-0.39, 0.29) is 17.7 Å². The molecule has 1 aliphatic heterocycles. The molecule has 2 rings (SSSR count). The third-order valence-corrected chi connectivity index (χ3v) is 4.70. The topological polar surface area (TPSA) is 66.5 Å². The van der Waals surface area contributed by atoms with Crippen LogP contribution in [0.2, 0.25) is 0 Å². The lowest BCUT2D eigenvalue weighted by Crippen LogP contribution is -2.50. The van der Waals surface area contributed by atoms with Crippen molar-refractivity contribution in [2.45, 2.75) is 32.7 Å². The van der Waals surface area contributed by atoms with Gasteiger partial charge in [-0.1, -0.05) is 26.0 Å². The number of nitrogens with zero attached hydrogens (tertiary/aromatic N) is 1. The van der Waals surface area contributed by atoms with Crippen LogP contribution in [-0.2, 0) is 4.79 Å². The summed E-state index contributed by atoms with van der Waals surface area (Å²) in [4.78, 5) is 39.0. The Bertz CT molecular complexity index is 595. The lowest BCUT2D eigenvalue weighted by atomic mass is 10.1. The summed E-state index contributed by atoms with van der Waals surface area (Å²) in [5.74, 6) is 0.185. The fourth-order valence-corrected chi connectivity index (χ4v) is 3.16. The number of hydrogen-bond donors (Lipinski definition) is 1. The minimum absolute atomic E-state index is 0.251. The molecule has 1 aromatic carbocycles. The van der Waals surface area contributed by atoms with Crippen LogP contribution in [-0.4, -0.2) is 47.2 Å². The molecule has 1 heterocycles. The number of hydrogen-bond acceptors (Lipinski definition) is 4. The van der Waals surface area contributed by atoms with Crippen LogP contribution in [0.1, 0.15) is 47.4 Å². The first kappa shape index (κ1) is 18.5. The Morgan fingerprint density at radius 2 is 1.71 bits per heavy atom. The molecule has 0 aromatic heterocycles. The predicted octanol–water partition coefficient (Wildman–Crippen LogP) is 2.57. The highest BCUT2D eigenvalue weighted by Gasteiger charge is 2.42. The second-order valence-corrected chi connectivity index (χ2v) is 7.28. The average molecular weight is 348 g/mol. The first-order valence-electron chi connectivity index (χ1n) is 8.21. The first-order valence-corrected chi connectivity index (χ1v) is 9.60. The fourth-order valence-electron chi connectivity index (χ4n) is 2.70. The van der Waals surface area contributed by atoms with Crippen molar-refractivity contribution < 1.29 is 14.4 Å². The molecule has 0 unspecified atom stereocenters. The number of thioether (sulfide) groups is 1. The van der Waals surface area contributed by atoms with Crippen LogP contribution in [0.25, 0.3) is 0 Å². The van der Waals surface area contributed by atoms with Crippen LogP contribution < -0.4 is 5.32 Å². The number of carbonyl (C=O) groups is 3. The van der Waals surface area contributed by atoms with E-state index in [0.717, 1.165) is 11.3 Å². The second kappa shape index (κ2) is 8.33. The number of carbonyl (C=O) groups excluding carboxylic acids is 3. The number of nitrogens with one attached hydrogen (secondary N) is 1. The number of rotatable bonds is 8. The van der Waals surface area contributed by atoms with Crippen LogP contribution in [0.3, 0.4) is 0 Å². The minimum atomic E-state index is -0.753. The number of benzene rings is 1. The summed E-state index contributed by atoms with van der Waals surface area (Å²) in [5, 5.41) is 2.87. The van der Waals surface area contributed by atoms with Gasteiger partial charge in [0, 0.05) is 6.54 Å². The van der Waals surface area contributed by atoms with Gasteiger partial charge in [0.2, 0.25) is 5.91 Å². The van der Waals surface area contributed by atoms with Crippen molar-refractivity contribution >= 4 is 29.5 Å². The third-order valence-electron chi connectivity index (χ3n) is 4.06. The van der Waals surface area contributed by atoms with Crippen molar-refractivity contribution in [3.63, 3.8) is 0 Å². The van der Waals surface area contributed by atoms with Crippen molar-refractivity contribution in [3.05, 3.63) is 35.4 Å². The molecule has 3 amide bonds. The molecular formula is C18H24N2O3S. The van der Waals surface area contributed by atoms with Crippen LogP contribution in [0.15, 0.2) is 24.3 Å². The molecule has 130 valence electrons. The summed E-state index contributed by atoms with van der Waals surface area (Å²) < 4.78 is 0. The van der Waals surface area contributed by atoms with Crippen molar-refractivity contribution in [1.29, 1.82) is 0 Å². The smallest absolute Gasteiger partial charge is 0.262 e. The molecule has 0 fully saturated rings. The van der Waals surface area contributed by atoms with Gasteiger partial charge in [0.1, 0.15) is 6.04 Å². The van der Waals surface area contributed by atoms with Gasteiger partial charge >= 0.3 is 0 Å². The van der Waals surface area contributed by atoms with Gasteiger partial charge in [-0.15, -0.1) is 0 Å². The molecule has 1 N–H and O–H groups in total. The maximum atomic E-state index is 12.6. The van der Waals surface area contributed by atoms with Gasteiger partial charge in [-0.2, -0.15) is 11.8 Å². The Hall–Kier alpha value is -1.82. The molecule has 0 radical (unpaired) electrons. The van der Waals surface area contributed by atoms with Gasteiger partial charge in [-0.05, 0) is 42.9 Å². The first-order chi connectivity index (χ1) is 11.5. The predicted molar refractivity (Wildman–Crippen MR) is 96.2 cm³/mol. The second-order valence-electron chi connectivity index (χ2n) is 6.30. The molecule has 0 bridgehead atoms. The largest absolute Gasteiger partial charge is 0.354 e. The molecule has 5 nitrogen and oxygen atoms in total. The highest BCUT2D eigenvalue weighted by molar-refractivity contribution is 7.98. The van der Waals surface area contributed by atoms with E-state index >= 15 is 0 Å². The molecule has 0 saturated heterocycles. The molecule has 1 atom stereocenters. The average Bonchev–Trinajstić information content (AvgIpc) is 2.80. The Balaban J connectivity index is 2.17. The zero-order valence-corrected chi connectivity index (χ0v) is 15.2. The monoisotopic (exact) mass is 348 g/mol. The van der Waals surface area contributed by atoms with E-state index in [0.29, 0.717) is 35.8 Å². The van der Waals surface area contributed by atoms with Crippen LogP contribution >= 0.6 is 11.8 Å². The SMILES string of the molecule is CSCC[C@@H](C(=O)NCCC(C)C)N1C(=O)c2ccccc2C1=O. The number of amides is 3. The van der Waals surface area contributed by atoms with Crippen LogP contribution in [0.5, 0.6) is 0 Å². The van der Waals surface area contributed by atoms with Crippen molar-refractivity contribution in [3.8, 4) is 0 Å². The Morgan fingerprint density at radius 1 is 1.12 bits per heavy atom. The van der Waals surface area contributed by atoms with Gasteiger partial charge in [0.05, 0.1) is 11.1 Å². The minimum Gasteiger partial charge on any atom is -0.354 e. The van der Waals surface area contributed by atoms with Gasteiger partial charge in [-0.25, -0.2) is 0 Å². The van der Waals surface area contributed by atoms with E-state index in [2.05, 4.69) is 19.2 Å². The van der Waals surface area contributed by atoms with Crippen molar-refractivity contribution in [2.75, 3.05) is 18.6 Å². The van der Waals surface area contributed by atoms with Gasteiger partial charge in [0.15, 0.2) is 0 Å². The summed E-state index contributed by atoms with van der Waals surface area (Å²) >= 11 is 1.59. The number of imide groups is 1. The normalized spacial score (nSPS) is 14.9. The van der Waals surface area contributed by atoms with Gasteiger partial charge in [0.25, 0.3) is 11.8 Å². The van der Waals surface area contributed by atoms with E-state index in [1.165, 1.54) is 0 Å². The molecule has 0 spiro atoms. The number of fused-ring (bicyclic) bond motifs is 1. The Kier molecular flexibility index (Phi) is 6.43. The van der Waals surface area contributed by atoms with E-state index in [1.54, 1.807) is 36.0 Å². The maximum Gasteiger partial charge on any atom is 0.262 e. The van der Waals surface area contributed by atoms with Crippen molar-refractivity contribution in [1.82, 2.24) is 10.2 Å².